The van der Waals surface area contributed by atoms with Gasteiger partial charge in [0.2, 0.25) is 5.91 Å². The molecule has 2 atom stereocenters. The van der Waals surface area contributed by atoms with Crippen molar-refractivity contribution in [2.45, 2.75) is 32.9 Å². The molecule has 0 spiro atoms. The molecule has 126 valence electrons. The van der Waals surface area contributed by atoms with Crippen LogP contribution in [0.3, 0.4) is 0 Å². The first-order chi connectivity index (χ1) is 11.5. The molecule has 1 aliphatic rings. The molecule has 0 saturated carbocycles. The number of para-hydroxylation sites is 1. The summed E-state index contributed by atoms with van der Waals surface area (Å²) in [6.07, 6.45) is 0.752. The molecule has 7 heteroatoms. The van der Waals surface area contributed by atoms with Crippen LogP contribution in [0.2, 0.25) is 0 Å². The van der Waals surface area contributed by atoms with Crippen LogP contribution in [0.4, 0.5) is 5.69 Å². The van der Waals surface area contributed by atoms with Gasteiger partial charge in [-0.15, -0.1) is 0 Å². The number of fused-ring (bicyclic) bond motifs is 1. The number of aromatic amines is 2. The highest BCUT2D eigenvalue weighted by molar-refractivity contribution is 6.02. The minimum atomic E-state index is -0.603. The van der Waals surface area contributed by atoms with Gasteiger partial charge in [0.1, 0.15) is 11.7 Å². The van der Waals surface area contributed by atoms with Crippen LogP contribution in [0.1, 0.15) is 36.3 Å². The Morgan fingerprint density at radius 3 is 2.71 bits per heavy atom. The minimum absolute atomic E-state index is 0.0195. The van der Waals surface area contributed by atoms with Gasteiger partial charge in [0.25, 0.3) is 11.5 Å². The molecule has 0 aliphatic carbocycles. The summed E-state index contributed by atoms with van der Waals surface area (Å²) in [6.45, 7) is 4.23. The van der Waals surface area contributed by atoms with E-state index in [9.17, 15) is 14.4 Å². The fourth-order valence-electron chi connectivity index (χ4n) is 3.00. The minimum Gasteiger partial charge on any atom is -0.324 e. The molecule has 0 saturated heterocycles. The van der Waals surface area contributed by atoms with Crippen LogP contribution in [0.15, 0.2) is 35.1 Å². The first kappa shape index (κ1) is 16.0. The molecular weight excluding hydrogens is 308 g/mol. The zero-order valence-corrected chi connectivity index (χ0v) is 13.6. The van der Waals surface area contributed by atoms with Crippen molar-refractivity contribution >= 4 is 17.5 Å². The average Bonchev–Trinajstić information content (AvgIpc) is 2.94. The van der Waals surface area contributed by atoms with Gasteiger partial charge in [-0.1, -0.05) is 38.5 Å². The molecule has 2 amide bonds. The van der Waals surface area contributed by atoms with Gasteiger partial charge >= 0.3 is 0 Å². The summed E-state index contributed by atoms with van der Waals surface area (Å²) in [5, 5.41) is 7.86. The molecule has 1 aliphatic heterocycles. The third kappa shape index (κ3) is 2.84. The number of carbonyl (C=O) groups is 2. The Bertz CT molecular complexity index is 823. The highest BCUT2D eigenvalue weighted by Crippen LogP contribution is 2.28. The van der Waals surface area contributed by atoms with Crippen LogP contribution in [-0.2, 0) is 11.3 Å². The van der Waals surface area contributed by atoms with Gasteiger partial charge in [0.15, 0.2) is 0 Å². The Morgan fingerprint density at radius 1 is 1.29 bits per heavy atom. The van der Waals surface area contributed by atoms with Gasteiger partial charge in [0, 0.05) is 18.3 Å². The lowest BCUT2D eigenvalue weighted by atomic mass is 9.96. The van der Waals surface area contributed by atoms with Crippen molar-refractivity contribution in [3.63, 3.8) is 0 Å². The van der Waals surface area contributed by atoms with Crippen LogP contribution in [0.5, 0.6) is 0 Å². The molecular formula is C17H20N4O3. The van der Waals surface area contributed by atoms with Crippen molar-refractivity contribution in [3.05, 3.63) is 51.9 Å². The molecule has 0 radical (unpaired) electrons. The third-order valence-corrected chi connectivity index (χ3v) is 4.49. The summed E-state index contributed by atoms with van der Waals surface area (Å²) in [5.74, 6) is -0.597. The van der Waals surface area contributed by atoms with Crippen molar-refractivity contribution < 1.29 is 9.59 Å². The van der Waals surface area contributed by atoms with Gasteiger partial charge in [-0.25, -0.2) is 0 Å². The number of H-pyrrole nitrogens is 2. The number of anilines is 1. The smallest absolute Gasteiger partial charge is 0.272 e. The summed E-state index contributed by atoms with van der Waals surface area (Å²) in [7, 11) is 0. The number of rotatable bonds is 3. The van der Waals surface area contributed by atoms with Crippen molar-refractivity contribution in [1.29, 1.82) is 0 Å². The summed E-state index contributed by atoms with van der Waals surface area (Å²) < 4.78 is 0. The van der Waals surface area contributed by atoms with Gasteiger partial charge in [0.05, 0.1) is 0 Å². The van der Waals surface area contributed by atoms with E-state index in [1.807, 2.05) is 38.1 Å². The first-order valence-electron chi connectivity index (χ1n) is 7.98. The van der Waals surface area contributed by atoms with E-state index < -0.39 is 6.04 Å². The number of aromatic nitrogens is 2. The molecule has 0 fully saturated rings. The number of amides is 2. The standard InChI is InChI=1S/C17H20N4O3/c1-3-10(2)15-16(23)18-12-7-5-4-6-11(12)9-21(15)17(24)13-8-14(22)20-19-13/h4-8,10,15H,3,9H2,1-2H3,(H,18,23)(H2,19,20,22)/t10-,15-/m0/s1. The quantitative estimate of drug-likeness (QED) is 0.800. The Kier molecular flexibility index (Phi) is 4.24. The van der Waals surface area contributed by atoms with E-state index in [0.717, 1.165) is 12.0 Å². The van der Waals surface area contributed by atoms with Gasteiger partial charge in [-0.3, -0.25) is 24.6 Å². The van der Waals surface area contributed by atoms with E-state index >= 15 is 0 Å². The van der Waals surface area contributed by atoms with E-state index in [0.29, 0.717) is 12.2 Å². The monoisotopic (exact) mass is 328 g/mol. The third-order valence-electron chi connectivity index (χ3n) is 4.49. The summed E-state index contributed by atoms with van der Waals surface area (Å²) in [4.78, 5) is 38.5. The average molecular weight is 328 g/mol. The number of benzene rings is 1. The van der Waals surface area contributed by atoms with Crippen LogP contribution >= 0.6 is 0 Å². The van der Waals surface area contributed by atoms with Crippen molar-refractivity contribution in [2.24, 2.45) is 5.92 Å². The van der Waals surface area contributed by atoms with Crippen molar-refractivity contribution in [3.8, 4) is 0 Å². The zero-order valence-electron chi connectivity index (χ0n) is 13.6. The molecule has 3 N–H and O–H groups in total. The van der Waals surface area contributed by atoms with Crippen LogP contribution in [0, 0.1) is 5.92 Å². The molecule has 24 heavy (non-hydrogen) atoms. The Morgan fingerprint density at radius 2 is 2.04 bits per heavy atom. The fourth-order valence-corrected chi connectivity index (χ4v) is 3.00. The topological polar surface area (TPSA) is 98.1 Å². The zero-order chi connectivity index (χ0) is 17.3. The fraction of sp³-hybridized carbons (Fsp3) is 0.353. The lowest BCUT2D eigenvalue weighted by Gasteiger charge is -2.32. The summed E-state index contributed by atoms with van der Waals surface area (Å²) in [5.41, 5.74) is 1.36. The van der Waals surface area contributed by atoms with E-state index in [4.69, 9.17) is 0 Å². The largest absolute Gasteiger partial charge is 0.324 e. The van der Waals surface area contributed by atoms with Gasteiger partial charge in [-0.05, 0) is 17.5 Å². The van der Waals surface area contributed by atoms with E-state index in [1.54, 1.807) is 0 Å². The number of carbonyl (C=O) groups excluding carboxylic acids is 2. The molecule has 2 heterocycles. The maximum absolute atomic E-state index is 12.9. The lowest BCUT2D eigenvalue weighted by molar-refractivity contribution is -0.122. The Labute approximate surface area is 139 Å². The molecule has 0 bridgehead atoms. The number of nitrogens with one attached hydrogen (secondary N) is 3. The van der Waals surface area contributed by atoms with Crippen LogP contribution in [-0.4, -0.2) is 33.0 Å². The van der Waals surface area contributed by atoms with Crippen molar-refractivity contribution in [1.82, 2.24) is 15.1 Å². The molecule has 0 unspecified atom stereocenters. The van der Waals surface area contributed by atoms with E-state index in [2.05, 4.69) is 15.5 Å². The SMILES string of the molecule is CC[C@H](C)[C@H]1C(=O)Nc2ccccc2CN1C(=O)c1cc(=O)[nH][nH]1. The van der Waals surface area contributed by atoms with Crippen LogP contribution < -0.4 is 10.9 Å². The lowest BCUT2D eigenvalue weighted by Crippen LogP contribution is -2.49. The highest BCUT2D eigenvalue weighted by atomic mass is 16.2. The number of hydrogen-bond acceptors (Lipinski definition) is 3. The predicted molar refractivity (Wildman–Crippen MR) is 89.6 cm³/mol. The predicted octanol–water partition coefficient (Wildman–Crippen LogP) is 1.71. The maximum atomic E-state index is 12.9. The van der Waals surface area contributed by atoms with E-state index in [1.165, 1.54) is 11.0 Å². The Balaban J connectivity index is 2.05. The second kappa shape index (κ2) is 6.35. The summed E-state index contributed by atoms with van der Waals surface area (Å²) >= 11 is 0. The van der Waals surface area contributed by atoms with Gasteiger partial charge in [-0.2, -0.15) is 0 Å². The Hall–Kier alpha value is -2.83. The maximum Gasteiger partial charge on any atom is 0.272 e. The van der Waals surface area contributed by atoms with E-state index in [-0.39, 0.29) is 29.0 Å². The summed E-state index contributed by atoms with van der Waals surface area (Å²) in [6, 6.07) is 8.04. The molecule has 7 nitrogen and oxygen atoms in total. The molecule has 1 aromatic carbocycles. The first-order valence-corrected chi connectivity index (χ1v) is 7.98. The number of nitrogens with zero attached hydrogens (tertiary/aromatic N) is 1. The normalized spacial score (nSPS) is 18.5. The van der Waals surface area contributed by atoms with Gasteiger partial charge < -0.3 is 10.2 Å². The second-order valence-electron chi connectivity index (χ2n) is 6.08. The molecule has 2 aromatic rings. The molecule has 3 rings (SSSR count). The van der Waals surface area contributed by atoms with Crippen molar-refractivity contribution in [2.75, 3.05) is 5.32 Å². The number of hydrogen-bond donors (Lipinski definition) is 3. The second-order valence-corrected chi connectivity index (χ2v) is 6.08. The highest BCUT2D eigenvalue weighted by Gasteiger charge is 2.37. The van der Waals surface area contributed by atoms with Crippen LogP contribution in [0.25, 0.3) is 0 Å². The molecule has 1 aromatic heterocycles.